The SMILES string of the molecule is Cc1ccc(Cn2cc(NC(=O)c3cc(C)oc3C)cn2)cc1. The number of nitrogens with one attached hydrogen (secondary N) is 1. The van der Waals surface area contributed by atoms with Crippen LogP contribution in [-0.4, -0.2) is 15.7 Å². The maximum atomic E-state index is 12.2. The zero-order valence-electron chi connectivity index (χ0n) is 13.5. The van der Waals surface area contributed by atoms with E-state index in [9.17, 15) is 4.79 Å². The van der Waals surface area contributed by atoms with Crippen LogP contribution in [0.5, 0.6) is 0 Å². The first-order valence-electron chi connectivity index (χ1n) is 7.47. The van der Waals surface area contributed by atoms with Crippen molar-refractivity contribution in [2.75, 3.05) is 5.32 Å². The van der Waals surface area contributed by atoms with Crippen LogP contribution in [0.3, 0.4) is 0 Å². The summed E-state index contributed by atoms with van der Waals surface area (Å²) in [6, 6.07) is 10.0. The average molecular weight is 309 g/mol. The van der Waals surface area contributed by atoms with E-state index in [1.165, 1.54) is 5.56 Å². The number of furan rings is 1. The van der Waals surface area contributed by atoms with Crippen LogP contribution in [0.1, 0.15) is 33.0 Å². The maximum Gasteiger partial charge on any atom is 0.259 e. The van der Waals surface area contributed by atoms with Crippen molar-refractivity contribution in [1.82, 2.24) is 9.78 Å². The lowest BCUT2D eigenvalue weighted by molar-refractivity contribution is 0.102. The number of rotatable bonds is 4. The first kappa shape index (κ1) is 15.1. The van der Waals surface area contributed by atoms with Gasteiger partial charge >= 0.3 is 0 Å². The van der Waals surface area contributed by atoms with Crippen molar-refractivity contribution >= 4 is 11.6 Å². The van der Waals surface area contributed by atoms with Crippen LogP contribution >= 0.6 is 0 Å². The molecule has 0 atom stereocenters. The standard InChI is InChI=1S/C18H19N3O2/c1-12-4-6-15(7-5-12)10-21-11-16(9-19-21)20-18(22)17-8-13(2)23-14(17)3/h4-9,11H,10H2,1-3H3,(H,20,22). The molecule has 2 heterocycles. The molecule has 0 bridgehead atoms. The molecule has 0 fully saturated rings. The van der Waals surface area contributed by atoms with Crippen molar-refractivity contribution in [3.8, 4) is 0 Å². The van der Waals surface area contributed by atoms with Crippen LogP contribution in [0.25, 0.3) is 0 Å². The Morgan fingerprint density at radius 2 is 1.96 bits per heavy atom. The Labute approximate surface area is 134 Å². The monoisotopic (exact) mass is 309 g/mol. The summed E-state index contributed by atoms with van der Waals surface area (Å²) in [5.41, 5.74) is 3.61. The Morgan fingerprint density at radius 3 is 2.61 bits per heavy atom. The molecular weight excluding hydrogens is 290 g/mol. The molecule has 3 aromatic rings. The number of aryl methyl sites for hydroxylation is 3. The molecule has 1 aromatic carbocycles. The summed E-state index contributed by atoms with van der Waals surface area (Å²) < 4.78 is 7.18. The van der Waals surface area contributed by atoms with Gasteiger partial charge in [-0.15, -0.1) is 0 Å². The van der Waals surface area contributed by atoms with Gasteiger partial charge in [0, 0.05) is 6.20 Å². The van der Waals surface area contributed by atoms with E-state index in [1.807, 2.05) is 13.1 Å². The third-order valence-electron chi connectivity index (χ3n) is 3.64. The fourth-order valence-corrected chi connectivity index (χ4v) is 2.45. The van der Waals surface area contributed by atoms with Gasteiger partial charge in [0.2, 0.25) is 0 Å². The highest BCUT2D eigenvalue weighted by Crippen LogP contribution is 2.16. The van der Waals surface area contributed by atoms with Crippen LogP contribution < -0.4 is 5.32 Å². The van der Waals surface area contributed by atoms with Gasteiger partial charge < -0.3 is 9.73 Å². The minimum atomic E-state index is -0.186. The predicted octanol–water partition coefficient (Wildman–Crippen LogP) is 3.70. The molecule has 5 nitrogen and oxygen atoms in total. The van der Waals surface area contributed by atoms with E-state index in [0.717, 1.165) is 11.3 Å². The van der Waals surface area contributed by atoms with E-state index in [-0.39, 0.29) is 5.91 Å². The molecule has 118 valence electrons. The summed E-state index contributed by atoms with van der Waals surface area (Å²) in [4.78, 5) is 12.2. The Kier molecular flexibility index (Phi) is 4.02. The number of anilines is 1. The molecule has 1 N–H and O–H groups in total. The van der Waals surface area contributed by atoms with E-state index < -0.39 is 0 Å². The van der Waals surface area contributed by atoms with Crippen molar-refractivity contribution in [3.63, 3.8) is 0 Å². The largest absolute Gasteiger partial charge is 0.466 e. The first-order valence-corrected chi connectivity index (χ1v) is 7.47. The summed E-state index contributed by atoms with van der Waals surface area (Å²) in [5, 5.41) is 7.13. The molecule has 5 heteroatoms. The highest BCUT2D eigenvalue weighted by atomic mass is 16.3. The Hall–Kier alpha value is -2.82. The molecule has 0 unspecified atom stereocenters. The molecule has 0 aliphatic carbocycles. The second kappa shape index (κ2) is 6.12. The molecular formula is C18H19N3O2. The number of nitrogens with zero attached hydrogens (tertiary/aromatic N) is 2. The number of aromatic nitrogens is 2. The molecule has 0 saturated heterocycles. The number of hydrogen-bond acceptors (Lipinski definition) is 3. The lowest BCUT2D eigenvalue weighted by Crippen LogP contribution is -2.11. The van der Waals surface area contributed by atoms with Gasteiger partial charge in [-0.25, -0.2) is 0 Å². The van der Waals surface area contributed by atoms with Crippen molar-refractivity contribution in [1.29, 1.82) is 0 Å². The van der Waals surface area contributed by atoms with E-state index in [4.69, 9.17) is 4.42 Å². The second-order valence-electron chi connectivity index (χ2n) is 5.69. The van der Waals surface area contributed by atoms with Crippen LogP contribution in [0.4, 0.5) is 5.69 Å². The van der Waals surface area contributed by atoms with Gasteiger partial charge in [0.1, 0.15) is 11.5 Å². The summed E-state index contributed by atoms with van der Waals surface area (Å²) in [7, 11) is 0. The second-order valence-corrected chi connectivity index (χ2v) is 5.69. The van der Waals surface area contributed by atoms with Gasteiger partial charge in [-0.05, 0) is 32.4 Å². The molecule has 1 amide bonds. The van der Waals surface area contributed by atoms with Crippen molar-refractivity contribution in [2.45, 2.75) is 27.3 Å². The van der Waals surface area contributed by atoms with E-state index in [1.54, 1.807) is 23.9 Å². The van der Waals surface area contributed by atoms with Gasteiger partial charge in [0.05, 0.1) is 24.0 Å². The van der Waals surface area contributed by atoms with Gasteiger partial charge in [-0.3, -0.25) is 9.48 Å². The zero-order chi connectivity index (χ0) is 16.4. The summed E-state index contributed by atoms with van der Waals surface area (Å²) in [6.45, 7) is 6.33. The maximum absolute atomic E-state index is 12.2. The molecule has 0 spiro atoms. The highest BCUT2D eigenvalue weighted by Gasteiger charge is 2.14. The van der Waals surface area contributed by atoms with Gasteiger partial charge in [0.15, 0.2) is 0 Å². The molecule has 3 rings (SSSR count). The van der Waals surface area contributed by atoms with Gasteiger partial charge in [0.25, 0.3) is 5.91 Å². The number of benzene rings is 1. The highest BCUT2D eigenvalue weighted by molar-refractivity contribution is 6.04. The lowest BCUT2D eigenvalue weighted by atomic mass is 10.1. The molecule has 0 saturated carbocycles. The minimum Gasteiger partial charge on any atom is -0.466 e. The Morgan fingerprint density at radius 1 is 1.22 bits per heavy atom. The Bertz CT molecular complexity index is 828. The van der Waals surface area contributed by atoms with E-state index >= 15 is 0 Å². The molecule has 23 heavy (non-hydrogen) atoms. The molecule has 0 aliphatic heterocycles. The topological polar surface area (TPSA) is 60.1 Å². The van der Waals surface area contributed by atoms with E-state index in [2.05, 4.69) is 41.6 Å². The van der Waals surface area contributed by atoms with Crippen molar-refractivity contribution < 1.29 is 9.21 Å². The molecule has 0 radical (unpaired) electrons. The lowest BCUT2D eigenvalue weighted by Gasteiger charge is -2.03. The quantitative estimate of drug-likeness (QED) is 0.799. The summed E-state index contributed by atoms with van der Waals surface area (Å²) >= 11 is 0. The molecule has 2 aromatic heterocycles. The molecule has 0 aliphatic rings. The Balaban J connectivity index is 1.68. The average Bonchev–Trinajstić information content (AvgIpc) is 3.07. The smallest absolute Gasteiger partial charge is 0.259 e. The van der Waals surface area contributed by atoms with Crippen LogP contribution in [0.2, 0.25) is 0 Å². The van der Waals surface area contributed by atoms with Gasteiger partial charge in [-0.1, -0.05) is 29.8 Å². The van der Waals surface area contributed by atoms with E-state index in [0.29, 0.717) is 23.6 Å². The van der Waals surface area contributed by atoms with Crippen molar-refractivity contribution in [3.05, 3.63) is 70.9 Å². The fourth-order valence-electron chi connectivity index (χ4n) is 2.45. The van der Waals surface area contributed by atoms with Gasteiger partial charge in [-0.2, -0.15) is 5.10 Å². The third kappa shape index (κ3) is 3.51. The summed E-state index contributed by atoms with van der Waals surface area (Å²) in [6.07, 6.45) is 3.47. The number of carbonyl (C=O) groups is 1. The third-order valence-corrected chi connectivity index (χ3v) is 3.64. The predicted molar refractivity (Wildman–Crippen MR) is 88.6 cm³/mol. The van der Waals surface area contributed by atoms with Crippen LogP contribution in [0.15, 0.2) is 47.1 Å². The number of carbonyl (C=O) groups excluding carboxylic acids is 1. The van der Waals surface area contributed by atoms with Crippen LogP contribution in [0, 0.1) is 20.8 Å². The minimum absolute atomic E-state index is 0.186. The number of hydrogen-bond donors (Lipinski definition) is 1. The first-order chi connectivity index (χ1) is 11.0. The van der Waals surface area contributed by atoms with Crippen molar-refractivity contribution in [2.24, 2.45) is 0 Å². The summed E-state index contributed by atoms with van der Waals surface area (Å²) in [5.74, 6) is 1.16. The zero-order valence-corrected chi connectivity index (χ0v) is 13.5. The fraction of sp³-hybridized carbons (Fsp3) is 0.222. The van der Waals surface area contributed by atoms with Crippen LogP contribution in [-0.2, 0) is 6.54 Å². The normalized spacial score (nSPS) is 10.7. The number of amides is 1.